The Hall–Kier alpha value is -1.34. The van der Waals surface area contributed by atoms with Gasteiger partial charge in [0, 0.05) is 0 Å². The molecule has 13 heavy (non-hydrogen) atoms. The Labute approximate surface area is 77.3 Å². The molecule has 1 fully saturated rings. The zero-order chi connectivity index (χ0) is 9.84. The first kappa shape index (κ1) is 9.75. The maximum absolute atomic E-state index is 11.3. The highest BCUT2D eigenvalue weighted by molar-refractivity contribution is 6.01. The largest absolute Gasteiger partial charge is 0.294 e. The molecule has 0 saturated carbocycles. The molecule has 1 atom stereocenters. The van der Waals surface area contributed by atoms with E-state index in [9.17, 15) is 9.59 Å². The number of terminal acetylenes is 1. The third-order valence-electron chi connectivity index (χ3n) is 2.03. The normalized spacial score (nSPS) is 23.8. The molecular weight excluding hydrogens is 168 g/mol. The first-order valence-corrected chi connectivity index (χ1v) is 4.20. The molecule has 0 aromatic rings. The van der Waals surface area contributed by atoms with Gasteiger partial charge < -0.3 is 0 Å². The van der Waals surface area contributed by atoms with Crippen LogP contribution in [0.5, 0.6) is 0 Å². The third kappa shape index (κ3) is 2.07. The quantitative estimate of drug-likeness (QED) is 0.454. The molecule has 1 unspecified atom stereocenters. The van der Waals surface area contributed by atoms with Gasteiger partial charge in [0.2, 0.25) is 11.8 Å². The maximum atomic E-state index is 11.3. The van der Waals surface area contributed by atoms with Gasteiger partial charge in [0.05, 0.1) is 19.1 Å². The summed E-state index contributed by atoms with van der Waals surface area (Å²) in [6, 6.07) is -0.256. The van der Waals surface area contributed by atoms with Crippen molar-refractivity contribution in [2.75, 3.05) is 13.1 Å². The highest BCUT2D eigenvalue weighted by atomic mass is 16.2. The molecule has 0 spiro atoms. The monoisotopic (exact) mass is 180 g/mol. The summed E-state index contributed by atoms with van der Waals surface area (Å²) in [5, 5.41) is 2.28. The Kier molecular flexibility index (Phi) is 3.04. The number of amides is 2. The minimum Gasteiger partial charge on any atom is -0.294 e. The van der Waals surface area contributed by atoms with Crippen molar-refractivity contribution in [2.45, 2.75) is 19.4 Å². The lowest BCUT2D eigenvalue weighted by Gasteiger charge is -2.31. The number of imide groups is 1. The van der Waals surface area contributed by atoms with Crippen LogP contribution in [0.15, 0.2) is 0 Å². The van der Waals surface area contributed by atoms with Crippen LogP contribution in [-0.2, 0) is 9.59 Å². The molecule has 0 aromatic heterocycles. The van der Waals surface area contributed by atoms with Crippen LogP contribution in [0.3, 0.4) is 0 Å². The SMILES string of the molecule is C#CCN1CC(=O)NC(=O)C1CC. The van der Waals surface area contributed by atoms with Crippen LogP contribution >= 0.6 is 0 Å². The number of carbonyl (C=O) groups excluding carboxylic acids is 2. The van der Waals surface area contributed by atoms with E-state index >= 15 is 0 Å². The Balaban J connectivity index is 2.72. The fourth-order valence-electron chi connectivity index (χ4n) is 1.45. The smallest absolute Gasteiger partial charge is 0.243 e. The van der Waals surface area contributed by atoms with Crippen LogP contribution in [0.1, 0.15) is 13.3 Å². The van der Waals surface area contributed by atoms with Gasteiger partial charge in [-0.3, -0.25) is 19.8 Å². The van der Waals surface area contributed by atoms with E-state index < -0.39 is 0 Å². The summed E-state index contributed by atoms with van der Waals surface area (Å²) in [4.78, 5) is 24.0. The highest BCUT2D eigenvalue weighted by Gasteiger charge is 2.31. The number of carbonyl (C=O) groups is 2. The van der Waals surface area contributed by atoms with Crippen molar-refractivity contribution in [2.24, 2.45) is 0 Å². The Morgan fingerprint density at radius 2 is 2.38 bits per heavy atom. The lowest BCUT2D eigenvalue weighted by molar-refractivity contribution is -0.139. The molecule has 1 N–H and O–H groups in total. The molecule has 4 nitrogen and oxygen atoms in total. The van der Waals surface area contributed by atoms with Crippen molar-refractivity contribution in [1.29, 1.82) is 0 Å². The van der Waals surface area contributed by atoms with Crippen molar-refractivity contribution in [1.82, 2.24) is 10.2 Å². The van der Waals surface area contributed by atoms with Crippen LogP contribution in [0.2, 0.25) is 0 Å². The maximum Gasteiger partial charge on any atom is 0.243 e. The molecule has 0 aliphatic carbocycles. The van der Waals surface area contributed by atoms with Gasteiger partial charge in [0.15, 0.2) is 0 Å². The van der Waals surface area contributed by atoms with Gasteiger partial charge in [-0.25, -0.2) is 0 Å². The van der Waals surface area contributed by atoms with Crippen molar-refractivity contribution >= 4 is 11.8 Å². The second kappa shape index (κ2) is 4.06. The number of hydrogen-bond acceptors (Lipinski definition) is 3. The highest BCUT2D eigenvalue weighted by Crippen LogP contribution is 2.07. The first-order chi connectivity index (χ1) is 6.19. The van der Waals surface area contributed by atoms with Crippen LogP contribution in [0, 0.1) is 12.3 Å². The van der Waals surface area contributed by atoms with Gasteiger partial charge in [-0.2, -0.15) is 0 Å². The minimum atomic E-state index is -0.273. The molecule has 2 amide bonds. The predicted molar refractivity (Wildman–Crippen MR) is 47.6 cm³/mol. The van der Waals surface area contributed by atoms with E-state index in [0.717, 1.165) is 0 Å². The summed E-state index contributed by atoms with van der Waals surface area (Å²) >= 11 is 0. The zero-order valence-electron chi connectivity index (χ0n) is 7.54. The van der Waals surface area contributed by atoms with Gasteiger partial charge >= 0.3 is 0 Å². The van der Waals surface area contributed by atoms with E-state index in [4.69, 9.17) is 6.42 Å². The number of nitrogens with one attached hydrogen (secondary N) is 1. The fraction of sp³-hybridized carbons (Fsp3) is 0.556. The van der Waals surface area contributed by atoms with Crippen molar-refractivity contribution in [3.8, 4) is 12.3 Å². The standard InChI is InChI=1S/C9H12N2O2/c1-3-5-11-6-8(12)10-9(13)7(11)4-2/h1,7H,4-6H2,2H3,(H,10,12,13). The number of rotatable bonds is 2. The molecule has 1 rings (SSSR count). The van der Waals surface area contributed by atoms with Crippen LogP contribution in [0.25, 0.3) is 0 Å². The van der Waals surface area contributed by atoms with Gasteiger partial charge in [0.1, 0.15) is 0 Å². The van der Waals surface area contributed by atoms with Crippen molar-refractivity contribution < 1.29 is 9.59 Å². The lowest BCUT2D eigenvalue weighted by atomic mass is 10.1. The molecule has 1 aliphatic heterocycles. The minimum absolute atomic E-state index is 0.217. The topological polar surface area (TPSA) is 49.4 Å². The second-order valence-electron chi connectivity index (χ2n) is 2.95. The number of hydrogen-bond donors (Lipinski definition) is 1. The van der Waals surface area contributed by atoms with E-state index in [1.165, 1.54) is 0 Å². The van der Waals surface area contributed by atoms with Gasteiger partial charge in [-0.15, -0.1) is 6.42 Å². The Morgan fingerprint density at radius 3 is 2.92 bits per heavy atom. The molecule has 0 aromatic carbocycles. The summed E-state index contributed by atoms with van der Waals surface area (Å²) < 4.78 is 0. The number of piperazine rings is 1. The van der Waals surface area contributed by atoms with Crippen LogP contribution in [0.4, 0.5) is 0 Å². The van der Waals surface area contributed by atoms with Crippen molar-refractivity contribution in [3.05, 3.63) is 0 Å². The van der Waals surface area contributed by atoms with E-state index in [1.54, 1.807) is 4.90 Å². The summed E-state index contributed by atoms with van der Waals surface area (Å²) in [5.74, 6) is 1.92. The number of nitrogens with zero attached hydrogens (tertiary/aromatic N) is 1. The first-order valence-electron chi connectivity index (χ1n) is 4.20. The predicted octanol–water partition coefficient (Wildman–Crippen LogP) is -0.643. The van der Waals surface area contributed by atoms with E-state index in [1.807, 2.05) is 6.92 Å². The summed E-state index contributed by atoms with van der Waals surface area (Å²) in [5.41, 5.74) is 0. The third-order valence-corrected chi connectivity index (χ3v) is 2.03. The molecule has 1 aliphatic rings. The van der Waals surface area contributed by atoms with E-state index in [0.29, 0.717) is 13.0 Å². The second-order valence-corrected chi connectivity index (χ2v) is 2.95. The van der Waals surface area contributed by atoms with Gasteiger partial charge in [-0.05, 0) is 6.42 Å². The average Bonchev–Trinajstić information content (AvgIpc) is 2.04. The van der Waals surface area contributed by atoms with Gasteiger partial charge in [-0.1, -0.05) is 12.8 Å². The molecule has 4 heteroatoms. The zero-order valence-corrected chi connectivity index (χ0v) is 7.54. The molecule has 70 valence electrons. The molecule has 1 heterocycles. The van der Waals surface area contributed by atoms with E-state index in [2.05, 4.69) is 11.2 Å². The summed E-state index contributed by atoms with van der Waals surface area (Å²) in [6.45, 7) is 2.45. The Bertz CT molecular complexity index is 267. The molecule has 0 bridgehead atoms. The van der Waals surface area contributed by atoms with Crippen molar-refractivity contribution in [3.63, 3.8) is 0 Å². The van der Waals surface area contributed by atoms with E-state index in [-0.39, 0.29) is 24.4 Å². The lowest BCUT2D eigenvalue weighted by Crippen LogP contribution is -2.57. The fourth-order valence-corrected chi connectivity index (χ4v) is 1.45. The summed E-state index contributed by atoms with van der Waals surface area (Å²) in [6.07, 6.45) is 5.80. The Morgan fingerprint density at radius 1 is 1.69 bits per heavy atom. The van der Waals surface area contributed by atoms with Crippen LogP contribution in [-0.4, -0.2) is 35.8 Å². The average molecular weight is 180 g/mol. The molecular formula is C9H12N2O2. The van der Waals surface area contributed by atoms with Crippen LogP contribution < -0.4 is 5.32 Å². The van der Waals surface area contributed by atoms with Gasteiger partial charge in [0.25, 0.3) is 0 Å². The molecule has 1 saturated heterocycles. The summed E-state index contributed by atoms with van der Waals surface area (Å²) in [7, 11) is 0. The molecule has 0 radical (unpaired) electrons.